The van der Waals surface area contributed by atoms with Crippen molar-refractivity contribution in [3.63, 3.8) is 0 Å². The Hall–Kier alpha value is -3.41. The summed E-state index contributed by atoms with van der Waals surface area (Å²) in [5.41, 5.74) is -2.76. The predicted octanol–water partition coefficient (Wildman–Crippen LogP) is 15.8. The number of rotatable bonds is 4. The summed E-state index contributed by atoms with van der Waals surface area (Å²) in [6, 6.07) is 20.6. The van der Waals surface area contributed by atoms with Crippen LogP contribution in [0, 0.1) is 0 Å². The van der Waals surface area contributed by atoms with Crippen LogP contribution < -0.4 is 0 Å². The SMILES string of the molecule is CCc1cc2c(-c3cc(C(F)(F)F)cc(C(F)(F)F)c3)cccc2[cH-]1.CCc1cc2c(-c3cc(C(F)(F)F)cc(C(F)(F)F)c3)cccc2[cH-]1.C[C](C)=[Zr]([Cl])[Cl]. The Labute approximate surface area is 329 Å². The van der Waals surface area contributed by atoms with Crippen molar-refractivity contribution in [2.75, 3.05) is 0 Å². The van der Waals surface area contributed by atoms with Gasteiger partial charge in [-0.1, -0.05) is 37.1 Å². The van der Waals surface area contributed by atoms with Crippen molar-refractivity contribution in [3.8, 4) is 22.3 Å². The summed E-state index contributed by atoms with van der Waals surface area (Å²) in [6.45, 7) is 7.82. The Kier molecular flexibility index (Phi) is 14.2. The summed E-state index contributed by atoms with van der Waals surface area (Å²) in [5.74, 6) is 0. The van der Waals surface area contributed by atoms with E-state index < -0.39 is 65.8 Å². The van der Waals surface area contributed by atoms with Gasteiger partial charge in [-0.25, -0.2) is 0 Å². The molecule has 0 nitrogen and oxygen atoms in total. The quantitative estimate of drug-likeness (QED) is 0.122. The van der Waals surface area contributed by atoms with Crippen LogP contribution in [0.1, 0.15) is 61.1 Å². The molecule has 0 fully saturated rings. The fourth-order valence-corrected chi connectivity index (χ4v) is 5.73. The molecule has 0 saturated carbocycles. The number of benzene rings is 4. The monoisotopic (exact) mass is 912 g/mol. The van der Waals surface area contributed by atoms with Gasteiger partial charge in [-0.05, 0) is 60.4 Å². The number of hydrogen-bond acceptors (Lipinski definition) is 0. The van der Waals surface area contributed by atoms with Crippen molar-refractivity contribution in [2.24, 2.45) is 0 Å². The molecule has 0 unspecified atom stereocenters. The maximum absolute atomic E-state index is 13.1. The van der Waals surface area contributed by atoms with Gasteiger partial charge in [-0.3, -0.25) is 0 Å². The van der Waals surface area contributed by atoms with E-state index in [0.29, 0.717) is 21.9 Å². The van der Waals surface area contributed by atoms with E-state index in [-0.39, 0.29) is 23.3 Å². The van der Waals surface area contributed by atoms with Crippen LogP contribution in [0.25, 0.3) is 43.8 Å². The predicted molar refractivity (Wildman–Crippen MR) is 197 cm³/mol. The van der Waals surface area contributed by atoms with Crippen LogP contribution in [-0.2, 0) is 56.4 Å². The molecule has 6 rings (SSSR count). The average molecular weight is 915 g/mol. The average Bonchev–Trinajstić information content (AvgIpc) is 3.74. The zero-order valence-corrected chi connectivity index (χ0v) is 33.9. The van der Waals surface area contributed by atoms with Gasteiger partial charge in [-0.2, -0.15) is 64.8 Å². The minimum atomic E-state index is -4.86. The molecule has 300 valence electrons. The summed E-state index contributed by atoms with van der Waals surface area (Å²) in [6.07, 6.45) is -18.0. The Bertz CT molecular complexity index is 2100. The van der Waals surface area contributed by atoms with E-state index in [1.165, 1.54) is 15.3 Å². The summed E-state index contributed by atoms with van der Waals surface area (Å²) in [7, 11) is 11.1. The van der Waals surface area contributed by atoms with E-state index in [1.54, 1.807) is 36.4 Å². The molecular formula is C41H32Cl2F12Zr-2. The number of halogens is 14. The van der Waals surface area contributed by atoms with Crippen LogP contribution in [0.2, 0.25) is 0 Å². The molecule has 6 aromatic carbocycles. The standard InChI is InChI=1S/2C19H13F6.C3H6.2ClH.Zr/c2*1-2-11-6-12-4-3-5-16(17(12)7-11)13-8-14(18(20,21)22)10-15(9-13)19(23,24)25;1-3-2;;;/h2*3-10H,2H2,1H3;1-2H3;2*1H;/q2*-1;;;;+2/p-2. The maximum atomic E-state index is 13.1. The Morgan fingerprint density at radius 1 is 0.500 bits per heavy atom. The fourth-order valence-electron chi connectivity index (χ4n) is 5.73. The molecule has 0 aliphatic rings. The van der Waals surface area contributed by atoms with Crippen LogP contribution in [-0.4, -0.2) is 3.21 Å². The first kappa shape index (κ1) is 45.3. The molecule has 0 aromatic heterocycles. The van der Waals surface area contributed by atoms with Gasteiger partial charge in [0.2, 0.25) is 0 Å². The molecule has 0 radical (unpaired) electrons. The molecular weight excluding hydrogens is 883 g/mol. The molecule has 0 amide bonds. The number of alkyl halides is 12. The summed E-state index contributed by atoms with van der Waals surface area (Å²) in [4.78, 5) is 0. The van der Waals surface area contributed by atoms with Crippen molar-refractivity contribution < 1.29 is 71.6 Å². The van der Waals surface area contributed by atoms with Crippen LogP contribution >= 0.6 is 17.0 Å². The van der Waals surface area contributed by atoms with Gasteiger partial charge in [0.15, 0.2) is 0 Å². The van der Waals surface area contributed by atoms with Gasteiger partial charge in [-0.15, -0.1) is 69.1 Å². The van der Waals surface area contributed by atoms with Gasteiger partial charge >= 0.3 is 77.7 Å². The van der Waals surface area contributed by atoms with Gasteiger partial charge in [0, 0.05) is 0 Å². The Morgan fingerprint density at radius 3 is 1.02 bits per heavy atom. The molecule has 0 aliphatic carbocycles. The van der Waals surface area contributed by atoms with E-state index in [9.17, 15) is 52.7 Å². The topological polar surface area (TPSA) is 0 Å². The molecule has 0 spiro atoms. The molecule has 0 aliphatic heterocycles. The molecule has 0 bridgehead atoms. The fraction of sp³-hybridized carbons (Fsp3) is 0.244. The molecule has 0 atom stereocenters. The Balaban J connectivity index is 0.000000217. The van der Waals surface area contributed by atoms with E-state index in [4.69, 9.17) is 17.0 Å². The van der Waals surface area contributed by atoms with Gasteiger partial charge in [0.1, 0.15) is 0 Å². The number of fused-ring (bicyclic) bond motifs is 2. The third kappa shape index (κ3) is 11.4. The minimum absolute atomic E-state index is 0.0963. The molecule has 6 aromatic rings. The zero-order chi connectivity index (χ0) is 42.0. The Morgan fingerprint density at radius 2 is 0.786 bits per heavy atom. The summed E-state index contributed by atoms with van der Waals surface area (Å²) < 4.78 is 158. The number of hydrogen-bond donors (Lipinski definition) is 0. The van der Waals surface area contributed by atoms with E-state index in [1.807, 2.05) is 39.8 Å². The summed E-state index contributed by atoms with van der Waals surface area (Å²) in [5, 5.41) is 2.87. The van der Waals surface area contributed by atoms with Gasteiger partial charge in [0.25, 0.3) is 0 Å². The first-order valence-electron chi connectivity index (χ1n) is 16.8. The third-order valence-corrected chi connectivity index (χ3v) is 14.9. The molecule has 15 heteroatoms. The van der Waals surface area contributed by atoms with E-state index >= 15 is 0 Å². The second-order valence-electron chi connectivity index (χ2n) is 12.9. The first-order chi connectivity index (χ1) is 25.8. The van der Waals surface area contributed by atoms with Crippen LogP contribution in [0.4, 0.5) is 52.7 Å². The van der Waals surface area contributed by atoms with Crippen molar-refractivity contribution in [3.05, 3.63) is 130 Å². The van der Waals surface area contributed by atoms with Crippen molar-refractivity contribution in [2.45, 2.75) is 65.2 Å². The van der Waals surface area contributed by atoms with Crippen molar-refractivity contribution in [1.82, 2.24) is 0 Å². The molecule has 0 N–H and O–H groups in total. The molecule has 0 heterocycles. The van der Waals surface area contributed by atoms with Gasteiger partial charge in [0.05, 0.1) is 22.3 Å². The van der Waals surface area contributed by atoms with Crippen molar-refractivity contribution >= 4 is 41.8 Å². The van der Waals surface area contributed by atoms with Crippen LogP contribution in [0.3, 0.4) is 0 Å². The van der Waals surface area contributed by atoms with Crippen LogP contribution in [0.5, 0.6) is 0 Å². The summed E-state index contributed by atoms with van der Waals surface area (Å²) >= 11 is -1.84. The molecule has 0 saturated heterocycles. The second-order valence-corrected chi connectivity index (χ2v) is 22.3. The third-order valence-electron chi connectivity index (χ3n) is 8.61. The van der Waals surface area contributed by atoms with E-state index in [2.05, 4.69) is 0 Å². The van der Waals surface area contributed by atoms with Gasteiger partial charge < -0.3 is 0 Å². The zero-order valence-electron chi connectivity index (χ0n) is 29.9. The molecule has 56 heavy (non-hydrogen) atoms. The van der Waals surface area contributed by atoms with Crippen LogP contribution in [0.15, 0.2) is 97.1 Å². The van der Waals surface area contributed by atoms with E-state index in [0.717, 1.165) is 59.0 Å². The number of aryl methyl sites for hydroxylation is 2. The normalized spacial score (nSPS) is 12.2. The first-order valence-corrected chi connectivity index (χ1v) is 24.3. The van der Waals surface area contributed by atoms with Crippen molar-refractivity contribution in [1.29, 1.82) is 0 Å². The second kappa shape index (κ2) is 17.6.